The van der Waals surface area contributed by atoms with Crippen LogP contribution < -0.4 is 5.73 Å². The summed E-state index contributed by atoms with van der Waals surface area (Å²) in [6, 6.07) is 8.07. The summed E-state index contributed by atoms with van der Waals surface area (Å²) >= 11 is 3.48. The first-order chi connectivity index (χ1) is 6.77. The Bertz CT molecular complexity index is 274. The second-order valence-electron chi connectivity index (χ2n) is 3.17. The second kappa shape index (κ2) is 6.17. The van der Waals surface area contributed by atoms with Crippen molar-refractivity contribution in [2.75, 3.05) is 6.54 Å². The fourth-order valence-electron chi connectivity index (χ4n) is 1.18. The highest BCUT2D eigenvalue weighted by atomic mass is 79.9. The maximum Gasteiger partial charge on any atom is 0.0732 e. The van der Waals surface area contributed by atoms with E-state index in [4.69, 9.17) is 10.5 Å². The molecule has 0 radical (unpaired) electrons. The first-order valence-corrected chi connectivity index (χ1v) is 5.62. The van der Waals surface area contributed by atoms with Crippen molar-refractivity contribution in [1.29, 1.82) is 0 Å². The summed E-state index contributed by atoms with van der Waals surface area (Å²) < 4.78 is 6.74. The van der Waals surface area contributed by atoms with E-state index in [2.05, 4.69) is 22.9 Å². The van der Waals surface area contributed by atoms with Crippen LogP contribution in [0.15, 0.2) is 28.7 Å². The Balaban J connectivity index is 2.49. The zero-order chi connectivity index (χ0) is 10.4. The molecule has 3 heteroatoms. The third-order valence-corrected chi connectivity index (χ3v) is 2.92. The van der Waals surface area contributed by atoms with Crippen molar-refractivity contribution >= 4 is 15.9 Å². The van der Waals surface area contributed by atoms with Crippen molar-refractivity contribution in [1.82, 2.24) is 0 Å². The largest absolute Gasteiger partial charge is 0.372 e. The molecule has 0 aromatic heterocycles. The van der Waals surface area contributed by atoms with E-state index >= 15 is 0 Å². The minimum absolute atomic E-state index is 0.169. The summed E-state index contributed by atoms with van der Waals surface area (Å²) in [5.41, 5.74) is 6.71. The predicted molar refractivity (Wildman–Crippen MR) is 62.1 cm³/mol. The molecule has 14 heavy (non-hydrogen) atoms. The minimum atomic E-state index is 0.169. The summed E-state index contributed by atoms with van der Waals surface area (Å²) in [5.74, 6) is 0. The number of ether oxygens (including phenoxy) is 1. The van der Waals surface area contributed by atoms with Crippen LogP contribution in [0.5, 0.6) is 0 Å². The van der Waals surface area contributed by atoms with Crippen LogP contribution in [0.4, 0.5) is 0 Å². The first-order valence-electron chi connectivity index (χ1n) is 4.83. The maximum atomic E-state index is 5.65. The molecular weight excluding hydrogens is 242 g/mol. The number of hydrogen-bond acceptors (Lipinski definition) is 2. The monoisotopic (exact) mass is 257 g/mol. The Morgan fingerprint density at radius 3 is 2.71 bits per heavy atom. The van der Waals surface area contributed by atoms with E-state index in [-0.39, 0.29) is 6.10 Å². The van der Waals surface area contributed by atoms with E-state index in [1.54, 1.807) is 0 Å². The standard InChI is InChI=1S/C11H16BrNO/c1-2-10(7-13)14-8-9-5-3-4-6-11(9)12/h3-6,10H,2,7-8,13H2,1H3. The fraction of sp³-hybridized carbons (Fsp3) is 0.455. The quantitative estimate of drug-likeness (QED) is 0.881. The highest BCUT2D eigenvalue weighted by Gasteiger charge is 2.05. The Morgan fingerprint density at radius 2 is 2.14 bits per heavy atom. The number of nitrogens with two attached hydrogens (primary N) is 1. The van der Waals surface area contributed by atoms with E-state index in [0.29, 0.717) is 13.2 Å². The third-order valence-electron chi connectivity index (χ3n) is 2.15. The molecule has 0 amide bonds. The van der Waals surface area contributed by atoms with Crippen LogP contribution in [0.3, 0.4) is 0 Å². The van der Waals surface area contributed by atoms with Gasteiger partial charge >= 0.3 is 0 Å². The number of rotatable bonds is 5. The molecule has 2 N–H and O–H groups in total. The molecule has 0 saturated carbocycles. The zero-order valence-electron chi connectivity index (χ0n) is 8.37. The van der Waals surface area contributed by atoms with E-state index < -0.39 is 0 Å². The molecule has 1 unspecified atom stereocenters. The Labute approximate surface area is 93.6 Å². The van der Waals surface area contributed by atoms with E-state index in [1.807, 2.05) is 24.3 Å². The van der Waals surface area contributed by atoms with Crippen LogP contribution >= 0.6 is 15.9 Å². The van der Waals surface area contributed by atoms with Crippen molar-refractivity contribution in [2.45, 2.75) is 26.1 Å². The summed E-state index contributed by atoms with van der Waals surface area (Å²) in [6.45, 7) is 3.29. The van der Waals surface area contributed by atoms with Gasteiger partial charge in [-0.2, -0.15) is 0 Å². The lowest BCUT2D eigenvalue weighted by atomic mass is 10.2. The van der Waals surface area contributed by atoms with Crippen LogP contribution in [0.2, 0.25) is 0 Å². The molecule has 0 aliphatic rings. The van der Waals surface area contributed by atoms with Gasteiger partial charge in [0.05, 0.1) is 12.7 Å². The molecule has 0 aliphatic carbocycles. The van der Waals surface area contributed by atoms with Gasteiger partial charge in [0.2, 0.25) is 0 Å². The number of halogens is 1. The summed E-state index contributed by atoms with van der Waals surface area (Å²) in [5, 5.41) is 0. The highest BCUT2D eigenvalue weighted by molar-refractivity contribution is 9.10. The van der Waals surface area contributed by atoms with E-state index in [1.165, 1.54) is 5.56 Å². The van der Waals surface area contributed by atoms with Gasteiger partial charge in [0.1, 0.15) is 0 Å². The van der Waals surface area contributed by atoms with Crippen LogP contribution in [-0.2, 0) is 11.3 Å². The summed E-state index contributed by atoms with van der Waals surface area (Å²) in [6.07, 6.45) is 1.13. The maximum absolute atomic E-state index is 5.65. The topological polar surface area (TPSA) is 35.2 Å². The molecule has 1 rings (SSSR count). The van der Waals surface area contributed by atoms with Gasteiger partial charge in [-0.25, -0.2) is 0 Å². The average Bonchev–Trinajstić information content (AvgIpc) is 2.22. The number of hydrogen-bond donors (Lipinski definition) is 1. The first kappa shape index (κ1) is 11.7. The summed E-state index contributed by atoms with van der Waals surface area (Å²) in [4.78, 5) is 0. The Kier molecular flexibility index (Phi) is 5.15. The lowest BCUT2D eigenvalue weighted by molar-refractivity contribution is 0.0438. The Morgan fingerprint density at radius 1 is 1.43 bits per heavy atom. The number of benzene rings is 1. The molecule has 0 saturated heterocycles. The van der Waals surface area contributed by atoms with Gasteiger partial charge in [0, 0.05) is 11.0 Å². The average molecular weight is 258 g/mol. The van der Waals surface area contributed by atoms with Gasteiger partial charge in [-0.3, -0.25) is 0 Å². The third kappa shape index (κ3) is 3.40. The van der Waals surface area contributed by atoms with Crippen LogP contribution in [0.1, 0.15) is 18.9 Å². The van der Waals surface area contributed by atoms with Gasteiger partial charge in [0.15, 0.2) is 0 Å². The molecule has 78 valence electrons. The molecular formula is C11H16BrNO. The Hall–Kier alpha value is -0.380. The van der Waals surface area contributed by atoms with Crippen molar-refractivity contribution in [2.24, 2.45) is 5.73 Å². The molecule has 0 fully saturated rings. The fourth-order valence-corrected chi connectivity index (χ4v) is 1.57. The molecule has 1 aromatic carbocycles. The van der Waals surface area contributed by atoms with Gasteiger partial charge in [0.25, 0.3) is 0 Å². The van der Waals surface area contributed by atoms with Gasteiger partial charge in [-0.1, -0.05) is 41.1 Å². The van der Waals surface area contributed by atoms with Gasteiger partial charge < -0.3 is 10.5 Å². The summed E-state index contributed by atoms with van der Waals surface area (Å²) in [7, 11) is 0. The molecule has 1 atom stereocenters. The van der Waals surface area contributed by atoms with Crippen molar-refractivity contribution < 1.29 is 4.74 Å². The molecule has 0 spiro atoms. The molecule has 1 aromatic rings. The molecule has 0 heterocycles. The van der Waals surface area contributed by atoms with Crippen molar-refractivity contribution in [3.8, 4) is 0 Å². The predicted octanol–water partition coefficient (Wildman–Crippen LogP) is 2.70. The molecule has 2 nitrogen and oxygen atoms in total. The highest BCUT2D eigenvalue weighted by Crippen LogP contribution is 2.17. The van der Waals surface area contributed by atoms with Crippen molar-refractivity contribution in [3.05, 3.63) is 34.3 Å². The smallest absolute Gasteiger partial charge is 0.0732 e. The van der Waals surface area contributed by atoms with Crippen LogP contribution in [0, 0.1) is 0 Å². The minimum Gasteiger partial charge on any atom is -0.372 e. The SMILES string of the molecule is CCC(CN)OCc1ccccc1Br. The molecule has 0 bridgehead atoms. The molecule has 0 aliphatic heterocycles. The van der Waals surface area contributed by atoms with Crippen LogP contribution in [-0.4, -0.2) is 12.6 Å². The van der Waals surface area contributed by atoms with Gasteiger partial charge in [-0.15, -0.1) is 0 Å². The van der Waals surface area contributed by atoms with E-state index in [0.717, 1.165) is 10.9 Å². The van der Waals surface area contributed by atoms with Crippen LogP contribution in [0.25, 0.3) is 0 Å². The van der Waals surface area contributed by atoms with E-state index in [9.17, 15) is 0 Å². The zero-order valence-corrected chi connectivity index (χ0v) is 9.96. The van der Waals surface area contributed by atoms with Gasteiger partial charge in [-0.05, 0) is 18.1 Å². The normalized spacial score (nSPS) is 12.8. The second-order valence-corrected chi connectivity index (χ2v) is 4.02. The lowest BCUT2D eigenvalue weighted by Crippen LogP contribution is -2.22. The lowest BCUT2D eigenvalue weighted by Gasteiger charge is -2.14. The van der Waals surface area contributed by atoms with Crippen molar-refractivity contribution in [3.63, 3.8) is 0 Å².